The Balaban J connectivity index is 0.00000576. The number of nitrogens with one attached hydrogen (secondary N) is 3. The Morgan fingerprint density at radius 1 is 1.16 bits per heavy atom. The first-order valence-corrected chi connectivity index (χ1v) is 8.43. The molecule has 1 amide bonds. The molecule has 0 aliphatic heterocycles. The summed E-state index contributed by atoms with van der Waals surface area (Å²) in [6, 6.07) is 4.48. The van der Waals surface area contributed by atoms with Crippen LogP contribution in [-0.4, -0.2) is 38.5 Å². The molecule has 0 fully saturated rings. The summed E-state index contributed by atoms with van der Waals surface area (Å²) in [5.74, 6) is 0.764. The van der Waals surface area contributed by atoms with Crippen LogP contribution in [0.2, 0.25) is 0 Å². The predicted molar refractivity (Wildman–Crippen MR) is 112 cm³/mol. The predicted octanol–water partition coefficient (Wildman–Crippen LogP) is 3.08. The lowest BCUT2D eigenvalue weighted by molar-refractivity contribution is 0.0954. The van der Waals surface area contributed by atoms with Gasteiger partial charge in [0.05, 0.1) is 0 Å². The Morgan fingerprint density at radius 3 is 2.40 bits per heavy atom. The largest absolute Gasteiger partial charge is 0.356 e. The minimum absolute atomic E-state index is 0. The normalized spacial score (nSPS) is 11.0. The van der Waals surface area contributed by atoms with Crippen LogP contribution in [0.3, 0.4) is 0 Å². The van der Waals surface area contributed by atoms with E-state index in [-0.39, 0.29) is 35.7 Å². The summed E-state index contributed by atoms with van der Waals surface area (Å²) in [4.78, 5) is 16.1. The fraction of sp³-hybridized carbons (Fsp3) is 0.556. The van der Waals surface area contributed by atoms with Gasteiger partial charge in [-0.1, -0.05) is 19.9 Å². The number of aliphatic imine (C=N–C) groups is 1. The Labute approximate surface area is 167 Å². The zero-order valence-corrected chi connectivity index (χ0v) is 17.8. The maximum Gasteiger partial charge on any atom is 0.251 e. The average Bonchev–Trinajstić information content (AvgIpc) is 2.55. The molecule has 5 nitrogen and oxygen atoms in total. The summed E-state index contributed by atoms with van der Waals surface area (Å²) in [7, 11) is 1.71. The lowest BCUT2D eigenvalue weighted by Crippen LogP contribution is -2.41. The molecule has 1 rings (SSSR count). The van der Waals surface area contributed by atoms with Crippen molar-refractivity contribution in [2.75, 3.05) is 26.7 Å². The highest BCUT2D eigenvalue weighted by Gasteiger charge is 2.07. The second-order valence-corrected chi connectivity index (χ2v) is 6.18. The van der Waals surface area contributed by atoms with Crippen molar-refractivity contribution in [3.63, 3.8) is 0 Å². The first kappa shape index (κ1) is 23.6. The van der Waals surface area contributed by atoms with Crippen LogP contribution < -0.4 is 16.0 Å². The van der Waals surface area contributed by atoms with Gasteiger partial charge >= 0.3 is 0 Å². The molecule has 1 aromatic rings. The lowest BCUT2D eigenvalue weighted by Gasteiger charge is -2.13. The van der Waals surface area contributed by atoms with E-state index in [1.807, 2.05) is 0 Å². The number of carbonyl (C=O) groups excluding carboxylic acids is 1. The first-order chi connectivity index (χ1) is 11.4. The van der Waals surface area contributed by atoms with Crippen molar-refractivity contribution in [2.24, 2.45) is 10.9 Å². The molecule has 1 aromatic carbocycles. The van der Waals surface area contributed by atoms with E-state index in [1.165, 1.54) is 12.5 Å². The van der Waals surface area contributed by atoms with Crippen molar-refractivity contribution in [1.82, 2.24) is 16.0 Å². The molecule has 0 aliphatic carbocycles. The highest BCUT2D eigenvalue weighted by Crippen LogP contribution is 2.08. The lowest BCUT2D eigenvalue weighted by atomic mass is 10.1. The third kappa shape index (κ3) is 9.62. The van der Waals surface area contributed by atoms with Crippen LogP contribution in [0.1, 0.15) is 42.6 Å². The van der Waals surface area contributed by atoms with Crippen LogP contribution in [0.4, 0.5) is 4.39 Å². The van der Waals surface area contributed by atoms with Gasteiger partial charge in [0.25, 0.3) is 5.91 Å². The van der Waals surface area contributed by atoms with Crippen molar-refractivity contribution in [1.29, 1.82) is 0 Å². The van der Waals surface area contributed by atoms with E-state index in [9.17, 15) is 9.18 Å². The fourth-order valence-corrected chi connectivity index (χ4v) is 2.13. The van der Waals surface area contributed by atoms with Crippen LogP contribution in [0.15, 0.2) is 23.2 Å². The molecule has 0 radical (unpaired) electrons. The van der Waals surface area contributed by atoms with E-state index in [1.54, 1.807) is 26.1 Å². The van der Waals surface area contributed by atoms with Crippen molar-refractivity contribution in [3.05, 3.63) is 35.1 Å². The van der Waals surface area contributed by atoms with E-state index in [4.69, 9.17) is 0 Å². The number of hydrogen-bond acceptors (Lipinski definition) is 2. The smallest absolute Gasteiger partial charge is 0.251 e. The zero-order valence-electron chi connectivity index (χ0n) is 15.5. The topological polar surface area (TPSA) is 65.5 Å². The molecule has 0 unspecified atom stereocenters. The molecule has 0 aromatic heterocycles. The number of nitrogens with zero attached hydrogens (tertiary/aromatic N) is 1. The third-order valence-electron chi connectivity index (χ3n) is 3.61. The average molecular weight is 464 g/mol. The molecule has 3 N–H and O–H groups in total. The van der Waals surface area contributed by atoms with Gasteiger partial charge in [0.1, 0.15) is 5.82 Å². The fourth-order valence-electron chi connectivity index (χ4n) is 2.13. The third-order valence-corrected chi connectivity index (χ3v) is 3.61. The quantitative estimate of drug-likeness (QED) is 0.240. The molecular formula is C18H30FIN4O. The van der Waals surface area contributed by atoms with Crippen molar-refractivity contribution in [2.45, 2.75) is 33.6 Å². The van der Waals surface area contributed by atoms with Gasteiger partial charge in [-0.2, -0.15) is 0 Å². The molecule has 0 spiro atoms. The van der Waals surface area contributed by atoms with Gasteiger partial charge in [0.15, 0.2) is 5.96 Å². The summed E-state index contributed by atoms with van der Waals surface area (Å²) in [6.07, 6.45) is 2.27. The highest BCUT2D eigenvalue weighted by atomic mass is 127. The van der Waals surface area contributed by atoms with Crippen LogP contribution in [0.5, 0.6) is 0 Å². The molecule has 0 bridgehead atoms. The van der Waals surface area contributed by atoms with Crippen molar-refractivity contribution < 1.29 is 9.18 Å². The van der Waals surface area contributed by atoms with Gasteiger partial charge in [-0.25, -0.2) is 4.39 Å². The number of aryl methyl sites for hydroxylation is 1. The summed E-state index contributed by atoms with van der Waals surface area (Å²) in [6.45, 7) is 7.92. The molecule has 0 atom stereocenters. The summed E-state index contributed by atoms with van der Waals surface area (Å²) in [5, 5.41) is 9.13. The Morgan fingerprint density at radius 2 is 1.80 bits per heavy atom. The van der Waals surface area contributed by atoms with Gasteiger partial charge in [-0.15, -0.1) is 24.0 Å². The molecule has 0 saturated heterocycles. The van der Waals surface area contributed by atoms with E-state index >= 15 is 0 Å². The molecule has 0 heterocycles. The number of hydrogen-bond donors (Lipinski definition) is 3. The number of guanidine groups is 1. The molecule has 7 heteroatoms. The van der Waals surface area contributed by atoms with E-state index in [0.29, 0.717) is 30.1 Å². The Kier molecular flexibility index (Phi) is 12.2. The summed E-state index contributed by atoms with van der Waals surface area (Å²) in [5.41, 5.74) is 0.856. The summed E-state index contributed by atoms with van der Waals surface area (Å²) < 4.78 is 13.5. The van der Waals surface area contributed by atoms with Crippen LogP contribution in [0.25, 0.3) is 0 Å². The van der Waals surface area contributed by atoms with Gasteiger partial charge < -0.3 is 16.0 Å². The first-order valence-electron chi connectivity index (χ1n) is 8.43. The van der Waals surface area contributed by atoms with Crippen LogP contribution in [-0.2, 0) is 0 Å². The number of halogens is 2. The number of rotatable bonds is 8. The van der Waals surface area contributed by atoms with Gasteiger partial charge in [-0.3, -0.25) is 9.79 Å². The molecule has 142 valence electrons. The SMILES string of the molecule is CN=C(NCCCC(C)C)NCCNC(=O)c1ccc(C)c(F)c1.I. The zero-order chi connectivity index (χ0) is 17.9. The molecular weight excluding hydrogens is 434 g/mol. The Bertz CT molecular complexity index is 564. The summed E-state index contributed by atoms with van der Waals surface area (Å²) >= 11 is 0. The number of amides is 1. The standard InChI is InChI=1S/C18H29FN4O.HI/c1-13(2)6-5-9-22-18(20-4)23-11-10-21-17(24)15-8-7-14(3)16(19)12-15;/h7-8,12-13H,5-6,9-11H2,1-4H3,(H,21,24)(H2,20,22,23);1H. The number of carbonyl (C=O) groups is 1. The maximum atomic E-state index is 13.5. The van der Waals surface area contributed by atoms with E-state index in [2.05, 4.69) is 34.8 Å². The van der Waals surface area contributed by atoms with Crippen molar-refractivity contribution >= 4 is 35.8 Å². The van der Waals surface area contributed by atoms with Gasteiger partial charge in [-0.05, 0) is 43.4 Å². The molecule has 0 saturated carbocycles. The van der Waals surface area contributed by atoms with Crippen LogP contribution >= 0.6 is 24.0 Å². The van der Waals surface area contributed by atoms with E-state index < -0.39 is 0 Å². The van der Waals surface area contributed by atoms with E-state index in [0.717, 1.165) is 18.9 Å². The minimum atomic E-state index is -0.369. The van der Waals surface area contributed by atoms with Gasteiger partial charge in [0.2, 0.25) is 0 Å². The van der Waals surface area contributed by atoms with Crippen LogP contribution in [0, 0.1) is 18.7 Å². The molecule has 0 aliphatic rings. The minimum Gasteiger partial charge on any atom is -0.356 e. The maximum absolute atomic E-state index is 13.5. The highest BCUT2D eigenvalue weighted by molar-refractivity contribution is 14.0. The second kappa shape index (κ2) is 12.9. The van der Waals surface area contributed by atoms with Gasteiger partial charge in [0, 0.05) is 32.2 Å². The molecule has 25 heavy (non-hydrogen) atoms. The monoisotopic (exact) mass is 464 g/mol. The van der Waals surface area contributed by atoms with Crippen molar-refractivity contribution in [3.8, 4) is 0 Å². The Hall–Kier alpha value is -1.38. The second-order valence-electron chi connectivity index (χ2n) is 6.18. The number of benzene rings is 1.